The summed E-state index contributed by atoms with van der Waals surface area (Å²) in [7, 11) is 0. The first kappa shape index (κ1) is 64.7. The predicted octanol–water partition coefficient (Wildman–Crippen LogP) is 21.4. The monoisotopic (exact) mass is 1260 g/mol. The molecular formula is C89H72N4O4. The number of aryl methyl sites for hydroxylation is 4. The van der Waals surface area contributed by atoms with Gasteiger partial charge in [-0.15, -0.1) is 0 Å². The molecule has 0 spiro atoms. The Labute approximate surface area is 569 Å². The van der Waals surface area contributed by atoms with Gasteiger partial charge in [0.1, 0.15) is 35.7 Å². The fourth-order valence-corrected chi connectivity index (χ4v) is 11.2. The predicted molar refractivity (Wildman–Crippen MR) is 399 cm³/mol. The summed E-state index contributed by atoms with van der Waals surface area (Å²) in [6.07, 6.45) is -2.24. The Kier molecular flexibility index (Phi) is 21.3. The van der Waals surface area contributed by atoms with Crippen molar-refractivity contribution in [1.82, 2.24) is 0 Å². The smallest absolute Gasteiger partial charge is 0.175 e. The molecule has 97 heavy (non-hydrogen) atoms. The number of aliphatic imine (C=N–C) groups is 4. The second kappa shape index (κ2) is 32.0. The van der Waals surface area contributed by atoms with Crippen molar-refractivity contribution in [2.45, 2.75) is 52.9 Å². The van der Waals surface area contributed by atoms with Crippen molar-refractivity contribution in [2.75, 3.05) is 6.61 Å². The van der Waals surface area contributed by atoms with E-state index in [1.807, 2.05) is 250 Å². The number of hydrogen-bond donors (Lipinski definition) is 0. The van der Waals surface area contributed by atoms with E-state index in [9.17, 15) is 0 Å². The molecule has 0 bridgehead atoms. The van der Waals surface area contributed by atoms with Gasteiger partial charge in [0.05, 0.1) is 45.0 Å². The summed E-state index contributed by atoms with van der Waals surface area (Å²) in [5, 5.41) is 0. The molecular weight excluding hydrogens is 1190 g/mol. The van der Waals surface area contributed by atoms with Crippen LogP contribution in [0.3, 0.4) is 0 Å². The van der Waals surface area contributed by atoms with Crippen LogP contribution in [0.25, 0.3) is 22.3 Å². The van der Waals surface area contributed by atoms with Gasteiger partial charge in [0.15, 0.2) is 12.2 Å². The summed E-state index contributed by atoms with van der Waals surface area (Å²) in [5.41, 5.74) is 18.7. The van der Waals surface area contributed by atoms with E-state index >= 15 is 0 Å². The maximum atomic E-state index is 7.27. The van der Waals surface area contributed by atoms with Gasteiger partial charge in [-0.3, -0.25) is 0 Å². The lowest BCUT2D eigenvalue weighted by atomic mass is 9.99. The summed E-state index contributed by atoms with van der Waals surface area (Å²) in [6, 6.07) is 105. The molecule has 0 amide bonds. The molecule has 3 unspecified atom stereocenters. The first-order chi connectivity index (χ1) is 47.6. The Balaban J connectivity index is 0.924. The van der Waals surface area contributed by atoms with Crippen LogP contribution in [0.1, 0.15) is 73.7 Å². The van der Waals surface area contributed by atoms with Gasteiger partial charge in [0, 0.05) is 0 Å². The molecule has 0 heterocycles. The molecule has 0 aliphatic carbocycles. The lowest BCUT2D eigenvalue weighted by molar-refractivity contribution is -0.0321. The summed E-state index contributed by atoms with van der Waals surface area (Å²) in [5.74, 6) is 16.0. The maximum absolute atomic E-state index is 7.27. The fourth-order valence-electron chi connectivity index (χ4n) is 11.2. The zero-order valence-corrected chi connectivity index (χ0v) is 54.9. The summed E-state index contributed by atoms with van der Waals surface area (Å²) >= 11 is 0. The van der Waals surface area contributed by atoms with Crippen LogP contribution in [0.5, 0.6) is 23.0 Å². The van der Waals surface area contributed by atoms with Crippen molar-refractivity contribution in [3.05, 3.63) is 382 Å². The van der Waals surface area contributed by atoms with Crippen LogP contribution >= 0.6 is 0 Å². The molecule has 12 aromatic rings. The number of nitrogens with zero attached hydrogens (tertiary/aromatic N) is 4. The number of ether oxygens (including phenoxy) is 4. The van der Waals surface area contributed by atoms with Gasteiger partial charge in [-0.2, -0.15) is 0 Å². The second-order valence-corrected chi connectivity index (χ2v) is 23.7. The summed E-state index contributed by atoms with van der Waals surface area (Å²) in [4.78, 5) is 19.3. The number of hydrogen-bond acceptors (Lipinski definition) is 8. The first-order valence-electron chi connectivity index (χ1n) is 32.5. The quantitative estimate of drug-likeness (QED) is 0.0597. The molecule has 12 aromatic carbocycles. The highest BCUT2D eigenvalue weighted by Crippen LogP contribution is 2.32. The largest absolute Gasteiger partial charge is 0.490 e. The van der Waals surface area contributed by atoms with Crippen molar-refractivity contribution < 1.29 is 18.9 Å². The fraction of sp³-hybridized carbons (Fsp3) is 0.101. The van der Waals surface area contributed by atoms with E-state index in [1.54, 1.807) is 0 Å². The molecule has 0 N–H and O–H groups in total. The molecule has 12 rings (SSSR count). The molecule has 0 saturated heterocycles. The van der Waals surface area contributed by atoms with E-state index in [1.165, 1.54) is 0 Å². The van der Waals surface area contributed by atoms with Crippen LogP contribution in [0.15, 0.2) is 335 Å². The molecule has 8 heteroatoms. The minimum Gasteiger partial charge on any atom is -0.490 e. The van der Waals surface area contributed by atoms with Crippen molar-refractivity contribution in [3.63, 3.8) is 0 Å². The van der Waals surface area contributed by atoms with Crippen molar-refractivity contribution in [3.8, 4) is 23.0 Å². The van der Waals surface area contributed by atoms with Crippen LogP contribution in [0, 0.1) is 27.7 Å². The molecule has 0 aliphatic rings. The van der Waals surface area contributed by atoms with E-state index in [0.717, 1.165) is 112 Å². The minimum absolute atomic E-state index is 0.0484. The van der Waals surface area contributed by atoms with Crippen LogP contribution in [0.2, 0.25) is 0 Å². The molecule has 3 atom stereocenters. The topological polar surface area (TPSA) is 86.4 Å². The maximum Gasteiger partial charge on any atom is 0.175 e. The van der Waals surface area contributed by atoms with Gasteiger partial charge in [-0.05, 0) is 270 Å². The van der Waals surface area contributed by atoms with Gasteiger partial charge in [0.25, 0.3) is 0 Å². The third kappa shape index (κ3) is 17.9. The van der Waals surface area contributed by atoms with Gasteiger partial charge >= 0.3 is 0 Å². The molecule has 0 radical (unpaired) electrons. The van der Waals surface area contributed by atoms with Gasteiger partial charge in [0.2, 0.25) is 0 Å². The lowest BCUT2D eigenvalue weighted by Gasteiger charge is -2.33. The first-order valence-corrected chi connectivity index (χ1v) is 32.5. The van der Waals surface area contributed by atoms with Crippen LogP contribution in [-0.4, -0.2) is 48.4 Å². The Morgan fingerprint density at radius 2 is 0.536 bits per heavy atom. The summed E-state index contributed by atoms with van der Waals surface area (Å²) in [6.45, 7) is 10.3. The summed E-state index contributed by atoms with van der Waals surface area (Å²) < 4.78 is 28.4. The van der Waals surface area contributed by atoms with Crippen LogP contribution in [0.4, 0.5) is 22.7 Å². The Morgan fingerprint density at radius 1 is 0.278 bits per heavy atom. The molecule has 0 aliphatic heterocycles. The number of benzene rings is 12. The van der Waals surface area contributed by atoms with E-state index in [2.05, 4.69) is 124 Å². The number of rotatable bonds is 23. The normalized spacial score (nSPS) is 11.5. The van der Waals surface area contributed by atoms with Gasteiger partial charge in [-0.25, -0.2) is 20.0 Å². The standard InChI is InChI=1S/C89H72N4O4/c1-63-22-18-34-76(54-63)90-58-84(68-26-10-6-11-27-68)72-38-46-80(47-39-72)94-62-88(96-82-50-42-74(43-51-82)86(70-30-14-8-15-31-70)60-92-78-36-20-24-65(3)56-78)89(97-83-52-44-75(45-53-83)87(71-32-16-9-17-33-71)61-93-79-37-21-25-66(4)57-79)67(5)95-81-48-40-73(41-49-81)85(69-28-12-7-13-29-69)59-91-77-35-19-23-64(2)55-77/h6-57,67,88-89H,62H2,1-5H3. The molecule has 0 fully saturated rings. The molecule has 0 saturated carbocycles. The van der Waals surface area contributed by atoms with E-state index in [-0.39, 0.29) is 6.61 Å². The van der Waals surface area contributed by atoms with E-state index < -0.39 is 18.3 Å². The molecule has 8 nitrogen and oxygen atoms in total. The highest BCUT2D eigenvalue weighted by atomic mass is 16.6. The highest BCUT2D eigenvalue weighted by Gasteiger charge is 2.34. The SMILES string of the molecule is Cc1cccc(N=C=C(c2ccccc2)c2ccc(OCC(Oc3ccc(C(=C=Nc4cccc(C)c4)c4ccccc4)cc3)C(Oc3ccc(C(=C=Nc4cccc(C)c4)c4ccccc4)cc3)C(C)Oc3ccc(C(=C=Nc4cccc(C)c4)c4ccccc4)cc3)cc2)c1. The zero-order valence-electron chi connectivity index (χ0n) is 54.9. The average Bonchev–Trinajstić information content (AvgIpc) is 1.48. The van der Waals surface area contributed by atoms with Crippen LogP contribution < -0.4 is 18.9 Å². The molecule has 472 valence electrons. The Morgan fingerprint density at radius 3 is 0.825 bits per heavy atom. The van der Waals surface area contributed by atoms with Crippen molar-refractivity contribution >= 4 is 68.5 Å². The third-order valence-corrected chi connectivity index (χ3v) is 16.1. The van der Waals surface area contributed by atoms with Crippen LogP contribution in [-0.2, 0) is 0 Å². The van der Waals surface area contributed by atoms with Gasteiger partial charge < -0.3 is 18.9 Å². The minimum atomic E-state index is -0.801. The van der Waals surface area contributed by atoms with E-state index in [4.69, 9.17) is 38.9 Å². The third-order valence-electron chi connectivity index (χ3n) is 16.1. The zero-order chi connectivity index (χ0) is 66.6. The van der Waals surface area contributed by atoms with E-state index in [0.29, 0.717) is 23.0 Å². The van der Waals surface area contributed by atoms with Crippen molar-refractivity contribution in [1.29, 1.82) is 0 Å². The van der Waals surface area contributed by atoms with Crippen molar-refractivity contribution in [2.24, 2.45) is 20.0 Å². The Bertz CT molecular complexity index is 4910. The Hall–Kier alpha value is -12.4. The molecule has 0 aromatic heterocycles. The highest BCUT2D eigenvalue weighted by molar-refractivity contribution is 6.02. The van der Waals surface area contributed by atoms with Gasteiger partial charge in [-0.1, -0.05) is 170 Å². The second-order valence-electron chi connectivity index (χ2n) is 23.7. The average molecular weight is 1260 g/mol. The lowest BCUT2D eigenvalue weighted by Crippen LogP contribution is -2.49.